The second-order valence-corrected chi connectivity index (χ2v) is 15.6. The van der Waals surface area contributed by atoms with Crippen LogP contribution in [0.25, 0.3) is 5.00 Å². The van der Waals surface area contributed by atoms with Gasteiger partial charge in [-0.1, -0.05) is 26.0 Å². The van der Waals surface area contributed by atoms with Gasteiger partial charge in [0.25, 0.3) is 0 Å². The van der Waals surface area contributed by atoms with Gasteiger partial charge >= 0.3 is 6.09 Å². The molecule has 3 aliphatic heterocycles. The fourth-order valence-electron chi connectivity index (χ4n) is 7.17. The first kappa shape index (κ1) is 29.7. The monoisotopic (exact) mass is 627 g/mol. The third-order valence-electron chi connectivity index (χ3n) is 9.86. The van der Waals surface area contributed by atoms with Gasteiger partial charge in [-0.3, -0.25) is 9.56 Å². The molecule has 3 aliphatic rings. The Balaban J connectivity index is 1.19. The van der Waals surface area contributed by atoms with Crippen molar-refractivity contribution in [1.29, 1.82) is 0 Å². The van der Waals surface area contributed by atoms with Gasteiger partial charge < -0.3 is 19.0 Å². The van der Waals surface area contributed by atoms with Gasteiger partial charge in [-0.25, -0.2) is 9.78 Å². The highest BCUT2D eigenvalue weighted by Gasteiger charge is 2.59. The highest BCUT2D eigenvalue weighted by Crippen LogP contribution is 2.52. The molecule has 0 spiro atoms. The van der Waals surface area contributed by atoms with Gasteiger partial charge in [0.15, 0.2) is 11.7 Å². The summed E-state index contributed by atoms with van der Waals surface area (Å²) in [6.45, 7) is 19.8. The molecule has 7 rings (SSSR count). The van der Waals surface area contributed by atoms with E-state index in [0.717, 1.165) is 46.6 Å². The smallest absolute Gasteiger partial charge is 0.410 e. The van der Waals surface area contributed by atoms with Crippen LogP contribution < -0.4 is 4.90 Å². The predicted octanol–water partition coefficient (Wildman–Crippen LogP) is 6.46. The molecule has 1 amide bonds. The Morgan fingerprint density at radius 2 is 1.73 bits per heavy atom. The molecular weight excluding hydrogens is 586 g/mol. The van der Waals surface area contributed by atoms with Crippen LogP contribution in [0.4, 0.5) is 10.5 Å². The first-order valence-electron chi connectivity index (χ1n) is 15.6. The molecule has 0 saturated carbocycles. The van der Waals surface area contributed by atoms with E-state index in [1.165, 1.54) is 16.1 Å². The van der Waals surface area contributed by atoms with E-state index in [9.17, 15) is 4.79 Å². The summed E-state index contributed by atoms with van der Waals surface area (Å²) in [6.07, 6.45) is 3.54. The number of nitrogens with zero attached hydrogens (tertiary/aromatic N) is 7. The Morgan fingerprint density at radius 3 is 2.36 bits per heavy atom. The van der Waals surface area contributed by atoms with Gasteiger partial charge in [-0.05, 0) is 59.2 Å². The molecule has 0 N–H and O–H groups in total. The van der Waals surface area contributed by atoms with Gasteiger partial charge in [0, 0.05) is 58.7 Å². The van der Waals surface area contributed by atoms with Crippen molar-refractivity contribution < 1.29 is 13.9 Å². The summed E-state index contributed by atoms with van der Waals surface area (Å²) < 4.78 is 13.5. The molecule has 1 aromatic carbocycles. The van der Waals surface area contributed by atoms with E-state index in [2.05, 4.69) is 76.6 Å². The lowest BCUT2D eigenvalue weighted by atomic mass is 9.71. The van der Waals surface area contributed by atoms with Gasteiger partial charge in [0.1, 0.15) is 28.7 Å². The molecular formula is C34H41N7O3S. The SMILES string of the molecule is Cc1sc2c(c1C)C(c1ccc(N3C[C@]4(C)CN(C(=O)OC(C)(C)C)C[C@]4(C)C3)cc1)=N[C@@H](Cc1ncco1)c1nnc(C)n1-2. The van der Waals surface area contributed by atoms with Crippen LogP contribution in [-0.4, -0.2) is 68.2 Å². The number of aromatic nitrogens is 4. The number of ether oxygens (including phenoxy) is 1. The molecule has 0 bridgehead atoms. The standard InChI is InChI=1S/C34H41N7O3S/c1-20-21(2)45-30-27(20)28(36-25(15-26-35-13-14-43-26)29-38-37-22(3)41(29)30)23-9-11-24(12-10-23)39-16-33(7)18-40(19-34(33,8)17-39)31(42)44-32(4,5)6/h9-14,25H,15-19H2,1-8H3/t25-,33-,34+/m0/s1. The number of aryl methyl sites for hydroxylation is 2. The summed E-state index contributed by atoms with van der Waals surface area (Å²) in [7, 11) is 0. The van der Waals surface area contributed by atoms with Crippen LogP contribution >= 0.6 is 11.3 Å². The summed E-state index contributed by atoms with van der Waals surface area (Å²) in [5.41, 5.74) is 4.96. The molecule has 3 aromatic heterocycles. The maximum Gasteiger partial charge on any atom is 0.410 e. The number of carbonyl (C=O) groups excluding carboxylic acids is 1. The van der Waals surface area contributed by atoms with Gasteiger partial charge in [-0.2, -0.15) is 0 Å². The fourth-order valence-corrected chi connectivity index (χ4v) is 8.39. The van der Waals surface area contributed by atoms with Crippen LogP contribution in [0.2, 0.25) is 0 Å². The number of hydrogen-bond donors (Lipinski definition) is 0. The maximum absolute atomic E-state index is 12.9. The van der Waals surface area contributed by atoms with Crippen LogP contribution in [0.15, 0.2) is 46.1 Å². The number of hydrogen-bond acceptors (Lipinski definition) is 9. The number of benzene rings is 1. The molecule has 3 atom stereocenters. The minimum Gasteiger partial charge on any atom is -0.449 e. The Hall–Kier alpha value is -3.99. The zero-order valence-corrected chi connectivity index (χ0v) is 28.2. The Morgan fingerprint density at radius 1 is 1.04 bits per heavy atom. The number of carbonyl (C=O) groups is 1. The number of rotatable bonds is 4. The average Bonchev–Trinajstić information content (AvgIpc) is 3.75. The quantitative estimate of drug-likeness (QED) is 0.256. The maximum atomic E-state index is 12.9. The lowest BCUT2D eigenvalue weighted by Gasteiger charge is -2.29. The molecule has 6 heterocycles. The van der Waals surface area contributed by atoms with Crippen molar-refractivity contribution in [2.24, 2.45) is 15.8 Å². The van der Waals surface area contributed by atoms with E-state index in [1.54, 1.807) is 23.8 Å². The average molecular weight is 628 g/mol. The number of fused-ring (bicyclic) bond motifs is 4. The molecule has 4 aromatic rings. The molecule has 236 valence electrons. The first-order valence-corrected chi connectivity index (χ1v) is 16.4. The highest BCUT2D eigenvalue weighted by atomic mass is 32.1. The van der Waals surface area contributed by atoms with Crippen LogP contribution in [0.1, 0.15) is 79.8 Å². The van der Waals surface area contributed by atoms with Crippen molar-refractivity contribution in [1.82, 2.24) is 24.6 Å². The molecule has 2 saturated heterocycles. The van der Waals surface area contributed by atoms with Crippen molar-refractivity contribution in [3.8, 4) is 5.00 Å². The van der Waals surface area contributed by atoms with Gasteiger partial charge in [0.05, 0.1) is 18.3 Å². The number of amides is 1. The van der Waals surface area contributed by atoms with Crippen LogP contribution in [-0.2, 0) is 11.2 Å². The molecule has 10 nitrogen and oxygen atoms in total. The zero-order chi connectivity index (χ0) is 31.9. The number of anilines is 1. The molecule has 0 unspecified atom stereocenters. The largest absolute Gasteiger partial charge is 0.449 e. The third-order valence-corrected chi connectivity index (χ3v) is 11.1. The van der Waals surface area contributed by atoms with Gasteiger partial charge in [0.2, 0.25) is 0 Å². The third kappa shape index (κ3) is 4.95. The summed E-state index contributed by atoms with van der Waals surface area (Å²) in [4.78, 5) is 28.3. The van der Waals surface area contributed by atoms with E-state index in [-0.39, 0.29) is 23.0 Å². The van der Waals surface area contributed by atoms with Crippen molar-refractivity contribution in [2.45, 2.75) is 73.5 Å². The Bertz CT molecular complexity index is 1780. The summed E-state index contributed by atoms with van der Waals surface area (Å²) in [6, 6.07) is 8.51. The van der Waals surface area contributed by atoms with Crippen molar-refractivity contribution >= 4 is 28.8 Å². The predicted molar refractivity (Wildman–Crippen MR) is 175 cm³/mol. The highest BCUT2D eigenvalue weighted by molar-refractivity contribution is 7.15. The molecule has 45 heavy (non-hydrogen) atoms. The number of likely N-dealkylation sites (tertiary alicyclic amines) is 1. The minimum atomic E-state index is -0.501. The van der Waals surface area contributed by atoms with Crippen molar-refractivity contribution in [2.75, 3.05) is 31.1 Å². The second-order valence-electron chi connectivity index (χ2n) is 14.4. The van der Waals surface area contributed by atoms with Crippen LogP contribution in [0.3, 0.4) is 0 Å². The molecule has 11 heteroatoms. The van der Waals surface area contributed by atoms with E-state index < -0.39 is 5.60 Å². The lowest BCUT2D eigenvalue weighted by Crippen LogP contribution is -2.39. The normalized spacial score (nSPS) is 24.3. The van der Waals surface area contributed by atoms with Crippen LogP contribution in [0, 0.1) is 31.6 Å². The number of aliphatic imine (C=N–C) groups is 1. The number of thiophene rings is 1. The fraction of sp³-hybridized carbons (Fsp3) is 0.500. The van der Waals surface area contributed by atoms with E-state index >= 15 is 0 Å². The molecule has 0 radical (unpaired) electrons. The van der Waals surface area contributed by atoms with E-state index in [0.29, 0.717) is 25.4 Å². The lowest BCUT2D eigenvalue weighted by molar-refractivity contribution is 0.0269. The molecule has 0 aliphatic carbocycles. The summed E-state index contributed by atoms with van der Waals surface area (Å²) in [5.74, 6) is 2.25. The van der Waals surface area contributed by atoms with Crippen molar-refractivity contribution in [3.05, 3.63) is 75.8 Å². The Labute approximate surface area is 268 Å². The summed E-state index contributed by atoms with van der Waals surface area (Å²) in [5, 5.41) is 10.1. The first-order chi connectivity index (χ1) is 21.3. The van der Waals surface area contributed by atoms with E-state index in [4.69, 9.17) is 14.1 Å². The van der Waals surface area contributed by atoms with E-state index in [1.807, 2.05) is 32.6 Å². The topological polar surface area (TPSA) is 102 Å². The molecule has 2 fully saturated rings. The van der Waals surface area contributed by atoms with Gasteiger partial charge in [-0.15, -0.1) is 21.5 Å². The second kappa shape index (κ2) is 10.3. The minimum absolute atomic E-state index is 0.0341. The summed E-state index contributed by atoms with van der Waals surface area (Å²) >= 11 is 1.75. The Kier molecular flexibility index (Phi) is 6.78. The number of oxazole rings is 1. The zero-order valence-electron chi connectivity index (χ0n) is 27.3. The van der Waals surface area contributed by atoms with Crippen LogP contribution in [0.5, 0.6) is 0 Å². The van der Waals surface area contributed by atoms with Crippen molar-refractivity contribution in [3.63, 3.8) is 0 Å².